The standard InChI is InChI=1S/C21H20N8O5S4/c1-10-2-4-11(5-3-10)34-27-12(14-25-19(22)38-28-14)15(30)24-13-16(31)29-6-21(18(32)33,7-35-17(13)29)8-36-20-26-23-9-37-20/h2-5,9,13,17H,6-8H2,1H3,(H,24,30)(H,32,33)(H2,22,25,28)/t13?,17-,21?/m1/s1. The fraction of sp³-hybridized carbons (Fsp3) is 0.333. The van der Waals surface area contributed by atoms with Gasteiger partial charge in [0.1, 0.15) is 22.3 Å². The molecule has 0 saturated carbocycles. The molecule has 198 valence electrons. The summed E-state index contributed by atoms with van der Waals surface area (Å²) in [5, 5.41) is 24.1. The monoisotopic (exact) mass is 592 g/mol. The number of thioether (sulfide) groups is 2. The van der Waals surface area contributed by atoms with Gasteiger partial charge in [-0.25, -0.2) is 0 Å². The summed E-state index contributed by atoms with van der Waals surface area (Å²) in [6, 6.07) is 6.18. The summed E-state index contributed by atoms with van der Waals surface area (Å²) in [5.74, 6) is -1.22. The summed E-state index contributed by atoms with van der Waals surface area (Å²) >= 11 is 4.82. The second-order valence-corrected chi connectivity index (χ2v) is 12.4. The van der Waals surface area contributed by atoms with Crippen molar-refractivity contribution < 1.29 is 24.3 Å². The van der Waals surface area contributed by atoms with E-state index in [0.29, 0.717) is 10.1 Å². The number of hydrogen-bond acceptors (Lipinski definition) is 14. The summed E-state index contributed by atoms with van der Waals surface area (Å²) < 4.78 is 4.71. The lowest BCUT2D eigenvalue weighted by Gasteiger charge is -2.53. The van der Waals surface area contributed by atoms with E-state index in [1.165, 1.54) is 39.8 Å². The normalized spacial score (nSPS) is 22.9. The highest BCUT2D eigenvalue weighted by Crippen LogP contribution is 2.44. The highest BCUT2D eigenvalue weighted by molar-refractivity contribution is 8.01. The van der Waals surface area contributed by atoms with E-state index in [9.17, 15) is 19.5 Å². The van der Waals surface area contributed by atoms with Gasteiger partial charge in [0.2, 0.25) is 17.4 Å². The van der Waals surface area contributed by atoms with Gasteiger partial charge in [0.05, 0.1) is 0 Å². The van der Waals surface area contributed by atoms with Gasteiger partial charge in [-0.2, -0.15) is 9.36 Å². The van der Waals surface area contributed by atoms with Crippen molar-refractivity contribution in [2.75, 3.05) is 23.8 Å². The lowest BCUT2D eigenvalue weighted by molar-refractivity contribution is -0.157. The first-order valence-corrected chi connectivity index (χ1v) is 14.7. The third kappa shape index (κ3) is 5.31. The molecule has 17 heteroatoms. The van der Waals surface area contributed by atoms with Crippen LogP contribution in [0.1, 0.15) is 11.4 Å². The molecule has 2 saturated heterocycles. The Morgan fingerprint density at radius 3 is 2.82 bits per heavy atom. The minimum absolute atomic E-state index is 0.0265. The Morgan fingerprint density at radius 2 is 2.16 bits per heavy atom. The molecule has 0 aliphatic carbocycles. The summed E-state index contributed by atoms with van der Waals surface area (Å²) in [6.07, 6.45) is 0. The minimum atomic E-state index is -1.15. The van der Waals surface area contributed by atoms with Crippen molar-refractivity contribution in [3.63, 3.8) is 0 Å². The summed E-state index contributed by atoms with van der Waals surface area (Å²) in [7, 11) is 0. The van der Waals surface area contributed by atoms with Gasteiger partial charge in [-0.1, -0.05) is 46.0 Å². The average molecular weight is 593 g/mol. The van der Waals surface area contributed by atoms with Crippen LogP contribution in [0.4, 0.5) is 5.13 Å². The molecule has 4 heterocycles. The second-order valence-electron chi connectivity index (χ2n) is 8.50. The Bertz CT molecular complexity index is 1380. The van der Waals surface area contributed by atoms with Gasteiger partial charge in [-0.05, 0) is 19.1 Å². The van der Waals surface area contributed by atoms with Crippen molar-refractivity contribution in [2.24, 2.45) is 10.6 Å². The molecule has 2 aliphatic heterocycles. The van der Waals surface area contributed by atoms with Crippen LogP contribution in [0.25, 0.3) is 0 Å². The number of hydrogen-bond donors (Lipinski definition) is 3. The number of nitrogens with two attached hydrogens (primary N) is 1. The van der Waals surface area contributed by atoms with E-state index in [1.54, 1.807) is 17.6 Å². The number of nitrogens with zero attached hydrogens (tertiary/aromatic N) is 6. The number of carboxylic acid groups (broad SMARTS) is 1. The Balaban J connectivity index is 1.28. The van der Waals surface area contributed by atoms with Crippen LogP contribution < -0.4 is 15.9 Å². The van der Waals surface area contributed by atoms with Crippen LogP contribution in [0.3, 0.4) is 0 Å². The first-order valence-electron chi connectivity index (χ1n) is 11.0. The average Bonchev–Trinajstić information content (AvgIpc) is 3.59. The molecule has 3 aromatic rings. The number of carbonyl (C=O) groups excluding carboxylic acids is 2. The van der Waals surface area contributed by atoms with E-state index in [1.807, 2.05) is 19.1 Å². The molecule has 0 spiro atoms. The fourth-order valence-corrected chi connectivity index (χ4v) is 7.54. The van der Waals surface area contributed by atoms with E-state index >= 15 is 0 Å². The maximum absolute atomic E-state index is 13.2. The number of nitrogens with one attached hydrogen (secondary N) is 1. The van der Waals surface area contributed by atoms with Gasteiger partial charge in [0, 0.05) is 29.6 Å². The number of rotatable bonds is 9. The molecule has 2 aromatic heterocycles. The van der Waals surface area contributed by atoms with Crippen LogP contribution in [0.2, 0.25) is 0 Å². The Morgan fingerprint density at radius 1 is 1.37 bits per heavy atom. The number of anilines is 1. The molecule has 2 unspecified atom stereocenters. The van der Waals surface area contributed by atoms with E-state index in [2.05, 4.69) is 30.0 Å². The van der Waals surface area contributed by atoms with E-state index < -0.39 is 28.7 Å². The fourth-order valence-electron chi connectivity index (χ4n) is 3.75. The third-order valence-electron chi connectivity index (χ3n) is 5.83. The number of fused-ring (bicyclic) bond motifs is 1. The Kier molecular flexibility index (Phi) is 7.51. The quantitative estimate of drug-likeness (QED) is 0.140. The maximum atomic E-state index is 13.2. The minimum Gasteiger partial charge on any atom is -0.481 e. The van der Waals surface area contributed by atoms with Gasteiger partial charge in [-0.3, -0.25) is 14.4 Å². The van der Waals surface area contributed by atoms with Gasteiger partial charge in [0.25, 0.3) is 5.91 Å². The van der Waals surface area contributed by atoms with Gasteiger partial charge in [-0.15, -0.1) is 22.0 Å². The SMILES string of the molecule is Cc1ccc(ON=C(C(=O)NC2C(=O)N3CC(CSc4nncs4)(C(=O)O)CS[C@H]23)c2nsc(N)n2)cc1. The molecule has 2 fully saturated rings. The van der Waals surface area contributed by atoms with Crippen LogP contribution in [-0.4, -0.2) is 82.5 Å². The number of aliphatic carboxylic acids is 1. The molecule has 2 aliphatic rings. The number of oxime groups is 1. The zero-order valence-electron chi connectivity index (χ0n) is 19.6. The zero-order valence-corrected chi connectivity index (χ0v) is 22.9. The summed E-state index contributed by atoms with van der Waals surface area (Å²) in [5.41, 5.74) is 6.90. The number of carbonyl (C=O) groups is 3. The molecule has 5 rings (SSSR count). The molecule has 4 N–H and O–H groups in total. The van der Waals surface area contributed by atoms with Crippen molar-refractivity contribution in [3.8, 4) is 5.75 Å². The summed E-state index contributed by atoms with van der Waals surface area (Å²) in [4.78, 5) is 49.3. The van der Waals surface area contributed by atoms with Crippen molar-refractivity contribution in [3.05, 3.63) is 41.2 Å². The van der Waals surface area contributed by atoms with Crippen LogP contribution in [0.15, 0.2) is 39.3 Å². The van der Waals surface area contributed by atoms with Gasteiger partial charge in [0.15, 0.2) is 15.2 Å². The van der Waals surface area contributed by atoms with Gasteiger partial charge < -0.3 is 25.9 Å². The molecule has 0 bridgehead atoms. The zero-order chi connectivity index (χ0) is 26.9. The largest absolute Gasteiger partial charge is 0.481 e. The third-order valence-corrected chi connectivity index (χ3v) is 10.1. The predicted molar refractivity (Wildman–Crippen MR) is 143 cm³/mol. The van der Waals surface area contributed by atoms with Crippen molar-refractivity contribution in [1.82, 2.24) is 29.8 Å². The maximum Gasteiger partial charge on any atom is 0.313 e. The second kappa shape index (κ2) is 10.8. The first-order chi connectivity index (χ1) is 18.3. The van der Waals surface area contributed by atoms with E-state index in [0.717, 1.165) is 17.1 Å². The highest BCUT2D eigenvalue weighted by Gasteiger charge is 2.57. The molecule has 0 radical (unpaired) electrons. The summed E-state index contributed by atoms with van der Waals surface area (Å²) in [6.45, 7) is 1.95. The predicted octanol–water partition coefficient (Wildman–Crippen LogP) is 1.33. The molecular weight excluding hydrogens is 573 g/mol. The smallest absolute Gasteiger partial charge is 0.313 e. The highest BCUT2D eigenvalue weighted by atomic mass is 32.2. The Labute approximate surface area is 232 Å². The van der Waals surface area contributed by atoms with E-state index in [4.69, 9.17) is 10.6 Å². The van der Waals surface area contributed by atoms with E-state index in [-0.39, 0.29) is 40.6 Å². The van der Waals surface area contributed by atoms with Crippen LogP contribution >= 0.6 is 46.4 Å². The number of carboxylic acids is 1. The Hall–Kier alpha value is -3.28. The topological polar surface area (TPSA) is 186 Å². The molecule has 38 heavy (non-hydrogen) atoms. The van der Waals surface area contributed by atoms with Crippen molar-refractivity contribution in [2.45, 2.75) is 22.7 Å². The molecule has 2 amide bonds. The number of nitrogen functional groups attached to an aromatic ring is 1. The molecule has 3 atom stereocenters. The van der Waals surface area contributed by atoms with Crippen LogP contribution in [0, 0.1) is 12.3 Å². The molecule has 1 aromatic carbocycles. The van der Waals surface area contributed by atoms with Crippen molar-refractivity contribution in [1.29, 1.82) is 0 Å². The van der Waals surface area contributed by atoms with Crippen LogP contribution in [-0.2, 0) is 14.4 Å². The number of aryl methyl sites for hydroxylation is 1. The number of aromatic nitrogens is 4. The van der Waals surface area contributed by atoms with Gasteiger partial charge >= 0.3 is 5.97 Å². The number of amides is 2. The molecule has 13 nitrogen and oxygen atoms in total. The number of β-lactam (4-membered cyclic amide) rings is 1. The van der Waals surface area contributed by atoms with Crippen LogP contribution in [0.5, 0.6) is 5.75 Å². The molecular formula is C21H20N8O5S4. The lowest BCUT2D eigenvalue weighted by Crippen LogP contribution is -2.74. The number of benzene rings is 1. The lowest BCUT2D eigenvalue weighted by atomic mass is 9.89. The first kappa shape index (κ1) is 26.3. The van der Waals surface area contributed by atoms with Crippen molar-refractivity contribution >= 4 is 75.0 Å².